The van der Waals surface area contributed by atoms with Gasteiger partial charge in [0, 0.05) is 13.1 Å². The molecule has 0 N–H and O–H groups in total. The van der Waals surface area contributed by atoms with Crippen molar-refractivity contribution < 1.29 is 9.32 Å². The van der Waals surface area contributed by atoms with Crippen molar-refractivity contribution in [2.24, 2.45) is 0 Å². The molecule has 1 amide bonds. The molecule has 2 heterocycles. The summed E-state index contributed by atoms with van der Waals surface area (Å²) in [5.74, 6) is 1.15. The molecule has 3 rings (SSSR count). The van der Waals surface area contributed by atoms with Gasteiger partial charge in [-0.2, -0.15) is 4.98 Å². The Morgan fingerprint density at radius 2 is 2.23 bits per heavy atom. The monoisotopic (exact) mass is 339 g/mol. The lowest BCUT2D eigenvalue weighted by molar-refractivity contribution is 0.0696. The van der Waals surface area contributed by atoms with Crippen LogP contribution in [0.25, 0.3) is 0 Å². The normalized spacial score (nSPS) is 18.5. The van der Waals surface area contributed by atoms with Crippen molar-refractivity contribution in [2.75, 3.05) is 13.1 Å². The van der Waals surface area contributed by atoms with E-state index in [9.17, 15) is 4.79 Å². The minimum atomic E-state index is -0.117. The highest BCUT2D eigenvalue weighted by atomic mass is 35.5. The number of nitrogens with zero attached hydrogens (tertiary/aromatic N) is 3. The Hall–Kier alpha value is -1.59. The number of halogens is 2. The molecule has 1 aromatic heterocycles. The molecular formula is C15H15Cl2N3O2. The van der Waals surface area contributed by atoms with Crippen molar-refractivity contribution in [1.82, 2.24) is 15.0 Å². The lowest BCUT2D eigenvalue weighted by Crippen LogP contribution is -2.39. The molecule has 0 aliphatic carbocycles. The van der Waals surface area contributed by atoms with Gasteiger partial charge < -0.3 is 9.42 Å². The molecular weight excluding hydrogens is 325 g/mol. The van der Waals surface area contributed by atoms with E-state index in [-0.39, 0.29) is 11.8 Å². The Morgan fingerprint density at radius 1 is 1.41 bits per heavy atom. The van der Waals surface area contributed by atoms with Crippen molar-refractivity contribution in [3.8, 4) is 0 Å². The van der Waals surface area contributed by atoms with Crippen LogP contribution in [0.4, 0.5) is 0 Å². The number of carbonyl (C=O) groups is 1. The number of carbonyl (C=O) groups excluding carboxylic acids is 1. The van der Waals surface area contributed by atoms with Gasteiger partial charge in [0.2, 0.25) is 5.89 Å². The zero-order valence-electron chi connectivity index (χ0n) is 12.1. The van der Waals surface area contributed by atoms with E-state index in [4.69, 9.17) is 27.7 Å². The first-order valence-electron chi connectivity index (χ1n) is 7.09. The summed E-state index contributed by atoms with van der Waals surface area (Å²) in [5, 5.41) is 4.50. The van der Waals surface area contributed by atoms with Gasteiger partial charge >= 0.3 is 0 Å². The highest BCUT2D eigenvalue weighted by Gasteiger charge is 2.29. The van der Waals surface area contributed by atoms with E-state index >= 15 is 0 Å². The zero-order chi connectivity index (χ0) is 15.7. The molecule has 1 saturated heterocycles. The first-order valence-corrected chi connectivity index (χ1v) is 7.85. The molecule has 7 heteroatoms. The third-order valence-electron chi connectivity index (χ3n) is 3.78. The Kier molecular flexibility index (Phi) is 4.36. The molecule has 1 aromatic carbocycles. The van der Waals surface area contributed by atoms with Crippen molar-refractivity contribution >= 4 is 29.1 Å². The first kappa shape index (κ1) is 15.3. The summed E-state index contributed by atoms with van der Waals surface area (Å²) < 4.78 is 5.23. The summed E-state index contributed by atoms with van der Waals surface area (Å²) in [6.45, 7) is 3.01. The standard InChI is InChI=1S/C15H15Cl2N3O2/c1-9-18-14(22-19-9)10-4-3-7-20(8-10)15(21)11-5-2-6-12(16)13(11)17/h2,5-6,10H,3-4,7-8H2,1H3. The fourth-order valence-corrected chi connectivity index (χ4v) is 3.06. The molecule has 0 bridgehead atoms. The average Bonchev–Trinajstić information content (AvgIpc) is 2.96. The van der Waals surface area contributed by atoms with E-state index in [0.29, 0.717) is 40.4 Å². The summed E-state index contributed by atoms with van der Waals surface area (Å²) in [4.78, 5) is 18.7. The predicted octanol–water partition coefficient (Wildman–Crippen LogP) is 3.70. The first-order chi connectivity index (χ1) is 10.6. The highest BCUT2D eigenvalue weighted by Crippen LogP contribution is 2.30. The van der Waals surface area contributed by atoms with E-state index in [1.54, 1.807) is 30.0 Å². The van der Waals surface area contributed by atoms with Crippen LogP contribution < -0.4 is 0 Å². The van der Waals surface area contributed by atoms with Gasteiger partial charge in [-0.3, -0.25) is 4.79 Å². The molecule has 1 fully saturated rings. The van der Waals surface area contributed by atoms with Crippen LogP contribution in [-0.4, -0.2) is 34.0 Å². The van der Waals surface area contributed by atoms with Gasteiger partial charge in [-0.25, -0.2) is 0 Å². The average molecular weight is 340 g/mol. The van der Waals surface area contributed by atoms with Gasteiger partial charge in [0.1, 0.15) is 0 Å². The Morgan fingerprint density at radius 3 is 2.95 bits per heavy atom. The molecule has 1 unspecified atom stereocenters. The minimum Gasteiger partial charge on any atom is -0.339 e. The van der Waals surface area contributed by atoms with Crippen molar-refractivity contribution in [2.45, 2.75) is 25.7 Å². The van der Waals surface area contributed by atoms with E-state index in [2.05, 4.69) is 10.1 Å². The number of amides is 1. The fourth-order valence-electron chi connectivity index (χ4n) is 2.68. The minimum absolute atomic E-state index is 0.0665. The topological polar surface area (TPSA) is 59.2 Å². The predicted molar refractivity (Wildman–Crippen MR) is 83.4 cm³/mol. The van der Waals surface area contributed by atoms with Crippen LogP contribution in [-0.2, 0) is 0 Å². The van der Waals surface area contributed by atoms with Crippen LogP contribution >= 0.6 is 23.2 Å². The molecule has 116 valence electrons. The van der Waals surface area contributed by atoms with Gasteiger partial charge in [0.15, 0.2) is 5.82 Å². The summed E-state index contributed by atoms with van der Waals surface area (Å²) in [6, 6.07) is 5.09. The zero-order valence-corrected chi connectivity index (χ0v) is 13.6. The molecule has 1 aliphatic rings. The number of hydrogen-bond donors (Lipinski definition) is 0. The van der Waals surface area contributed by atoms with Crippen LogP contribution in [0.2, 0.25) is 10.0 Å². The van der Waals surface area contributed by atoms with Gasteiger partial charge in [0.25, 0.3) is 5.91 Å². The fraction of sp³-hybridized carbons (Fsp3) is 0.400. The molecule has 22 heavy (non-hydrogen) atoms. The second-order valence-electron chi connectivity index (χ2n) is 5.37. The van der Waals surface area contributed by atoms with Crippen LogP contribution in [0.1, 0.15) is 40.8 Å². The number of hydrogen-bond acceptors (Lipinski definition) is 4. The number of rotatable bonds is 2. The number of aryl methyl sites for hydroxylation is 1. The molecule has 1 atom stereocenters. The van der Waals surface area contributed by atoms with Gasteiger partial charge in [-0.15, -0.1) is 0 Å². The maximum absolute atomic E-state index is 12.7. The summed E-state index contributed by atoms with van der Waals surface area (Å²) >= 11 is 12.1. The van der Waals surface area contributed by atoms with Gasteiger partial charge in [-0.05, 0) is 31.9 Å². The van der Waals surface area contributed by atoms with Gasteiger partial charge in [-0.1, -0.05) is 34.4 Å². The molecule has 0 radical (unpaired) electrons. The van der Waals surface area contributed by atoms with Crippen molar-refractivity contribution in [3.05, 3.63) is 45.5 Å². The lowest BCUT2D eigenvalue weighted by atomic mass is 9.97. The number of aromatic nitrogens is 2. The lowest BCUT2D eigenvalue weighted by Gasteiger charge is -2.31. The SMILES string of the molecule is Cc1noc(C2CCCN(C(=O)c3cccc(Cl)c3Cl)C2)n1. The van der Waals surface area contributed by atoms with Crippen LogP contribution in [0.5, 0.6) is 0 Å². The second-order valence-corrected chi connectivity index (χ2v) is 6.16. The largest absolute Gasteiger partial charge is 0.339 e. The van der Waals surface area contributed by atoms with E-state index in [1.807, 2.05) is 0 Å². The summed E-state index contributed by atoms with van der Waals surface area (Å²) in [6.07, 6.45) is 1.81. The smallest absolute Gasteiger partial charge is 0.255 e. The maximum Gasteiger partial charge on any atom is 0.255 e. The third kappa shape index (κ3) is 2.96. The van der Waals surface area contributed by atoms with Crippen molar-refractivity contribution in [3.63, 3.8) is 0 Å². The molecule has 0 saturated carbocycles. The molecule has 5 nitrogen and oxygen atoms in total. The highest BCUT2D eigenvalue weighted by molar-refractivity contribution is 6.43. The quantitative estimate of drug-likeness (QED) is 0.836. The molecule has 0 spiro atoms. The van der Waals surface area contributed by atoms with Crippen LogP contribution in [0, 0.1) is 6.92 Å². The summed E-state index contributed by atoms with van der Waals surface area (Å²) in [5.41, 5.74) is 0.427. The second kappa shape index (κ2) is 6.26. The van der Waals surface area contributed by atoms with Crippen LogP contribution in [0.3, 0.4) is 0 Å². The Bertz CT molecular complexity index is 702. The van der Waals surface area contributed by atoms with E-state index in [0.717, 1.165) is 12.8 Å². The number of likely N-dealkylation sites (tertiary alicyclic amines) is 1. The number of piperidine rings is 1. The Balaban J connectivity index is 1.79. The Labute approximate surface area is 138 Å². The van der Waals surface area contributed by atoms with Gasteiger partial charge in [0.05, 0.1) is 21.5 Å². The van der Waals surface area contributed by atoms with E-state index in [1.165, 1.54) is 0 Å². The third-order valence-corrected chi connectivity index (χ3v) is 4.60. The molecule has 2 aromatic rings. The van der Waals surface area contributed by atoms with Crippen LogP contribution in [0.15, 0.2) is 22.7 Å². The number of benzene rings is 1. The van der Waals surface area contributed by atoms with E-state index < -0.39 is 0 Å². The molecule has 1 aliphatic heterocycles. The summed E-state index contributed by atoms with van der Waals surface area (Å²) in [7, 11) is 0. The maximum atomic E-state index is 12.7. The van der Waals surface area contributed by atoms with Crippen molar-refractivity contribution in [1.29, 1.82) is 0 Å².